The third-order valence-electron chi connectivity index (χ3n) is 5.18. The summed E-state index contributed by atoms with van der Waals surface area (Å²) in [6.07, 6.45) is 0.661. The molecule has 0 spiro atoms. The van der Waals surface area contributed by atoms with Gasteiger partial charge in [0.1, 0.15) is 5.75 Å². The van der Waals surface area contributed by atoms with Crippen LogP contribution in [0.4, 0.5) is 0 Å². The van der Waals surface area contributed by atoms with Crippen molar-refractivity contribution in [2.75, 3.05) is 13.7 Å². The van der Waals surface area contributed by atoms with Crippen molar-refractivity contribution in [3.8, 4) is 5.75 Å². The van der Waals surface area contributed by atoms with Gasteiger partial charge in [-0.1, -0.05) is 47.5 Å². The summed E-state index contributed by atoms with van der Waals surface area (Å²) in [6, 6.07) is 12.7. The van der Waals surface area contributed by atoms with E-state index < -0.39 is 11.6 Å². The number of rotatable bonds is 6. The van der Waals surface area contributed by atoms with Gasteiger partial charge in [-0.05, 0) is 30.7 Å². The Balaban J connectivity index is 1.91. The molecule has 0 unspecified atom stereocenters. The van der Waals surface area contributed by atoms with Crippen LogP contribution < -0.4 is 5.32 Å². The fourth-order valence-corrected chi connectivity index (χ4v) is 4.05. The zero-order valence-electron chi connectivity index (χ0n) is 16.5. The van der Waals surface area contributed by atoms with Gasteiger partial charge in [-0.15, -0.1) is 0 Å². The number of ether oxygens (including phenoxy) is 2. The molecule has 0 bridgehead atoms. The minimum atomic E-state index is -0.535. The average Bonchev–Trinajstić information content (AvgIpc) is 2.68. The van der Waals surface area contributed by atoms with Crippen LogP contribution in [0.2, 0.25) is 10.0 Å². The van der Waals surface area contributed by atoms with E-state index in [1.54, 1.807) is 25.3 Å². The number of nitrogens with one attached hydrogen (secondary N) is 1. The molecule has 156 valence electrons. The van der Waals surface area contributed by atoms with E-state index in [1.807, 2.05) is 31.2 Å². The third-order valence-corrected chi connectivity index (χ3v) is 5.74. The van der Waals surface area contributed by atoms with Crippen LogP contribution in [0.3, 0.4) is 0 Å². The van der Waals surface area contributed by atoms with Crippen molar-refractivity contribution in [1.82, 2.24) is 5.32 Å². The van der Waals surface area contributed by atoms with Crippen LogP contribution >= 0.6 is 23.2 Å². The van der Waals surface area contributed by atoms with Crippen molar-refractivity contribution in [2.24, 2.45) is 0 Å². The summed E-state index contributed by atoms with van der Waals surface area (Å²) in [6.45, 7) is 2.36. The second kappa shape index (κ2) is 9.35. The maximum Gasteiger partial charge on any atom is 0.222 e. The van der Waals surface area contributed by atoms with Crippen molar-refractivity contribution in [2.45, 2.75) is 43.9 Å². The van der Waals surface area contributed by atoms with E-state index in [0.29, 0.717) is 30.0 Å². The minimum absolute atomic E-state index is 0.00369. The van der Waals surface area contributed by atoms with Gasteiger partial charge in [-0.3, -0.25) is 4.79 Å². The Morgan fingerprint density at radius 3 is 2.59 bits per heavy atom. The van der Waals surface area contributed by atoms with Crippen LogP contribution in [0.25, 0.3) is 0 Å². The van der Waals surface area contributed by atoms with Crippen LogP contribution in [-0.4, -0.2) is 30.3 Å². The lowest BCUT2D eigenvalue weighted by Crippen LogP contribution is -2.51. The SMILES string of the molecule is COCCC(=O)N[C@]1(C)C[C@@H](c2ccc(Cl)cc2)O[C@@H](c2cccc(Cl)c2O)C1. The molecule has 2 N–H and O–H groups in total. The molecular formula is C22H25Cl2NO4. The molecule has 0 aliphatic carbocycles. The van der Waals surface area contributed by atoms with Crippen molar-refractivity contribution in [1.29, 1.82) is 0 Å². The molecule has 5 nitrogen and oxygen atoms in total. The summed E-state index contributed by atoms with van der Waals surface area (Å²) in [7, 11) is 1.57. The summed E-state index contributed by atoms with van der Waals surface area (Å²) >= 11 is 12.1. The lowest BCUT2D eigenvalue weighted by molar-refractivity contribution is -0.129. The first-order chi connectivity index (χ1) is 13.8. The molecule has 7 heteroatoms. The van der Waals surface area contributed by atoms with Crippen LogP contribution in [-0.2, 0) is 14.3 Å². The van der Waals surface area contributed by atoms with E-state index >= 15 is 0 Å². The second-order valence-electron chi connectivity index (χ2n) is 7.60. The molecule has 1 aliphatic heterocycles. The smallest absolute Gasteiger partial charge is 0.222 e. The molecule has 2 aromatic rings. The molecule has 0 aromatic heterocycles. The average molecular weight is 438 g/mol. The summed E-state index contributed by atoms with van der Waals surface area (Å²) in [5, 5.41) is 14.5. The van der Waals surface area contributed by atoms with Crippen molar-refractivity contribution in [3.05, 3.63) is 63.6 Å². The van der Waals surface area contributed by atoms with Gasteiger partial charge in [0.2, 0.25) is 5.91 Å². The third kappa shape index (κ3) is 5.43. The summed E-state index contributed by atoms with van der Waals surface area (Å²) < 4.78 is 11.4. The number of aromatic hydroxyl groups is 1. The van der Waals surface area contributed by atoms with Gasteiger partial charge in [-0.25, -0.2) is 0 Å². The first-order valence-corrected chi connectivity index (χ1v) is 10.2. The zero-order valence-corrected chi connectivity index (χ0v) is 18.0. The van der Waals surface area contributed by atoms with Gasteiger partial charge >= 0.3 is 0 Å². The predicted octanol–water partition coefficient (Wildman–Crippen LogP) is 5.20. The molecule has 1 aliphatic rings. The van der Waals surface area contributed by atoms with Crippen LogP contribution in [0.1, 0.15) is 49.5 Å². The monoisotopic (exact) mass is 437 g/mol. The van der Waals surface area contributed by atoms with Crippen molar-refractivity contribution in [3.63, 3.8) is 0 Å². The number of amides is 1. The molecule has 1 saturated heterocycles. The molecule has 0 radical (unpaired) electrons. The topological polar surface area (TPSA) is 67.8 Å². The molecule has 1 fully saturated rings. The number of halogens is 2. The maximum atomic E-state index is 12.4. The van der Waals surface area contributed by atoms with E-state index in [2.05, 4.69) is 5.32 Å². The van der Waals surface area contributed by atoms with Crippen LogP contribution in [0, 0.1) is 0 Å². The fraction of sp³-hybridized carbons (Fsp3) is 0.409. The Kier molecular flexibility index (Phi) is 7.06. The lowest BCUT2D eigenvalue weighted by atomic mass is 9.81. The molecule has 1 heterocycles. The van der Waals surface area contributed by atoms with Crippen LogP contribution in [0.15, 0.2) is 42.5 Å². The lowest BCUT2D eigenvalue weighted by Gasteiger charge is -2.43. The van der Waals surface area contributed by atoms with Gasteiger partial charge in [0.15, 0.2) is 0 Å². The van der Waals surface area contributed by atoms with Gasteiger partial charge in [0.05, 0.1) is 23.8 Å². The van der Waals surface area contributed by atoms with Crippen molar-refractivity contribution < 1.29 is 19.4 Å². The molecular weight excluding hydrogens is 413 g/mol. The fourth-order valence-electron chi connectivity index (χ4n) is 3.74. The summed E-state index contributed by atoms with van der Waals surface area (Å²) in [5.41, 5.74) is 1.03. The first-order valence-electron chi connectivity index (χ1n) is 9.49. The number of methoxy groups -OCH3 is 1. The Hall–Kier alpha value is -1.79. The van der Waals surface area contributed by atoms with Crippen LogP contribution in [0.5, 0.6) is 5.75 Å². The second-order valence-corrected chi connectivity index (χ2v) is 8.45. The van der Waals surface area contributed by atoms with Gasteiger partial charge in [0.25, 0.3) is 0 Å². The Morgan fingerprint density at radius 1 is 1.21 bits per heavy atom. The van der Waals surface area contributed by atoms with E-state index in [-0.39, 0.29) is 29.2 Å². The molecule has 3 rings (SSSR count). The quantitative estimate of drug-likeness (QED) is 0.651. The highest BCUT2D eigenvalue weighted by Gasteiger charge is 2.41. The molecule has 3 atom stereocenters. The number of carbonyl (C=O) groups is 1. The molecule has 29 heavy (non-hydrogen) atoms. The summed E-state index contributed by atoms with van der Waals surface area (Å²) in [5.74, 6) is -0.0795. The number of para-hydroxylation sites is 1. The highest BCUT2D eigenvalue weighted by atomic mass is 35.5. The minimum Gasteiger partial charge on any atom is -0.506 e. The van der Waals surface area contributed by atoms with E-state index in [9.17, 15) is 9.90 Å². The Labute approximate surface area is 180 Å². The van der Waals surface area contributed by atoms with Gasteiger partial charge in [0, 0.05) is 42.5 Å². The first kappa shape index (κ1) is 21.9. The Morgan fingerprint density at radius 2 is 1.90 bits per heavy atom. The maximum absolute atomic E-state index is 12.4. The van der Waals surface area contributed by atoms with Crippen molar-refractivity contribution >= 4 is 29.1 Å². The Bertz CT molecular complexity index is 858. The number of carbonyl (C=O) groups excluding carboxylic acids is 1. The standard InChI is InChI=1S/C22H25Cl2NO4/c1-22(25-20(26)10-11-28-2)12-18(14-6-8-15(23)9-7-14)29-19(13-22)16-4-3-5-17(24)21(16)27/h3-9,18-19,27H,10-13H2,1-2H3,(H,25,26)/t18-,19+,22+/m0/s1. The van der Waals surface area contributed by atoms with Gasteiger partial charge in [-0.2, -0.15) is 0 Å². The largest absolute Gasteiger partial charge is 0.506 e. The molecule has 1 amide bonds. The highest BCUT2D eigenvalue weighted by molar-refractivity contribution is 6.32. The zero-order chi connectivity index (χ0) is 21.0. The van der Waals surface area contributed by atoms with E-state index in [1.165, 1.54) is 0 Å². The number of hydrogen-bond donors (Lipinski definition) is 2. The van der Waals surface area contributed by atoms with Gasteiger partial charge < -0.3 is 19.9 Å². The highest BCUT2D eigenvalue weighted by Crippen LogP contribution is 2.46. The van der Waals surface area contributed by atoms with E-state index in [4.69, 9.17) is 32.7 Å². The number of benzene rings is 2. The van der Waals surface area contributed by atoms with E-state index in [0.717, 1.165) is 5.56 Å². The predicted molar refractivity (Wildman–Crippen MR) is 113 cm³/mol. The number of hydrogen-bond acceptors (Lipinski definition) is 4. The number of phenols is 1. The number of phenolic OH excluding ortho intramolecular Hbond substituents is 1. The normalized spacial score (nSPS) is 24.3. The molecule has 0 saturated carbocycles. The molecule has 2 aromatic carbocycles. The summed E-state index contributed by atoms with van der Waals surface area (Å²) in [4.78, 5) is 12.4.